The molecule has 5 rings (SSSR count). The average Bonchev–Trinajstić information content (AvgIpc) is 3.34. The topological polar surface area (TPSA) is 122 Å². The Bertz CT molecular complexity index is 1950. The number of thiazole rings is 1. The van der Waals surface area contributed by atoms with Crippen LogP contribution in [0.3, 0.4) is 0 Å². The van der Waals surface area contributed by atoms with E-state index in [1.165, 1.54) is 23.5 Å². The first-order valence-electron chi connectivity index (χ1n) is 14.3. The minimum atomic E-state index is -0.735. The van der Waals surface area contributed by atoms with Gasteiger partial charge in [0.25, 0.3) is 11.2 Å². The summed E-state index contributed by atoms with van der Waals surface area (Å²) in [7, 11) is 1.57. The SMILES string of the molecule is CCCC1=C(C(=O)OCC)C(c2ccc(OC)c(Br)c2)n2c(s/c(=C\c3ccc(OCc4ccc([N+](=O)[O-])cc4)cc3)c2=O)=N1. The lowest BCUT2D eigenvalue weighted by molar-refractivity contribution is -0.384. The van der Waals surface area contributed by atoms with Crippen LogP contribution >= 0.6 is 27.3 Å². The molecule has 3 aromatic carbocycles. The summed E-state index contributed by atoms with van der Waals surface area (Å²) in [6.45, 7) is 4.20. The number of hydrogen-bond donors (Lipinski definition) is 0. The molecular weight excluding hydrogens is 662 g/mol. The van der Waals surface area contributed by atoms with E-state index in [1.54, 1.807) is 55.0 Å². The molecule has 4 aromatic rings. The van der Waals surface area contributed by atoms with E-state index in [0.29, 0.717) is 43.0 Å². The summed E-state index contributed by atoms with van der Waals surface area (Å²) in [4.78, 5) is 43.1. The molecule has 0 radical (unpaired) electrons. The van der Waals surface area contributed by atoms with Gasteiger partial charge in [-0.05, 0) is 88.4 Å². The number of nitro groups is 1. The smallest absolute Gasteiger partial charge is 0.338 e. The number of rotatable bonds is 11. The first kappa shape index (κ1) is 31.9. The van der Waals surface area contributed by atoms with E-state index in [2.05, 4.69) is 15.9 Å². The average molecular weight is 693 g/mol. The first-order valence-corrected chi connectivity index (χ1v) is 15.9. The van der Waals surface area contributed by atoms with Gasteiger partial charge in [0.2, 0.25) is 0 Å². The number of fused-ring (bicyclic) bond motifs is 1. The number of carbonyl (C=O) groups excluding carboxylic acids is 1. The van der Waals surface area contributed by atoms with Crippen molar-refractivity contribution in [2.24, 2.45) is 4.99 Å². The highest BCUT2D eigenvalue weighted by Gasteiger charge is 2.34. The molecule has 0 spiro atoms. The summed E-state index contributed by atoms with van der Waals surface area (Å²) in [5, 5.41) is 10.9. The third-order valence-electron chi connectivity index (χ3n) is 7.11. The molecule has 232 valence electrons. The van der Waals surface area contributed by atoms with Crippen LogP contribution in [0.4, 0.5) is 5.69 Å². The largest absolute Gasteiger partial charge is 0.496 e. The molecule has 0 fully saturated rings. The van der Waals surface area contributed by atoms with Crippen molar-refractivity contribution < 1.29 is 23.9 Å². The van der Waals surface area contributed by atoms with Crippen LogP contribution in [0.15, 0.2) is 92.3 Å². The molecule has 0 N–H and O–H groups in total. The third kappa shape index (κ3) is 6.91. The summed E-state index contributed by atoms with van der Waals surface area (Å²) >= 11 is 4.81. The van der Waals surface area contributed by atoms with Crippen LogP contribution in [0.5, 0.6) is 11.5 Å². The highest BCUT2D eigenvalue weighted by atomic mass is 79.9. The highest BCUT2D eigenvalue weighted by molar-refractivity contribution is 9.10. The Labute approximate surface area is 271 Å². The molecule has 2 heterocycles. The molecule has 1 aliphatic rings. The maximum atomic E-state index is 14.0. The predicted octanol–water partition coefficient (Wildman–Crippen LogP) is 5.84. The van der Waals surface area contributed by atoms with E-state index < -0.39 is 16.9 Å². The third-order valence-corrected chi connectivity index (χ3v) is 8.72. The van der Waals surface area contributed by atoms with Crippen LogP contribution in [-0.4, -0.2) is 29.2 Å². The lowest BCUT2D eigenvalue weighted by Crippen LogP contribution is -2.40. The summed E-state index contributed by atoms with van der Waals surface area (Å²) in [6.07, 6.45) is 3.10. The second kappa shape index (κ2) is 14.0. The van der Waals surface area contributed by atoms with Gasteiger partial charge in [-0.2, -0.15) is 0 Å². The van der Waals surface area contributed by atoms with Crippen LogP contribution < -0.4 is 24.4 Å². The lowest BCUT2D eigenvalue weighted by atomic mass is 9.94. The number of carbonyl (C=O) groups is 1. The van der Waals surface area contributed by atoms with E-state index in [9.17, 15) is 19.7 Å². The standard InChI is InChI=1S/C33H30BrN3O7S/c1-4-6-26-29(32(39)43-5-2)30(22-11-16-27(42-3)25(34)18-22)36-31(38)28(45-33(36)35-26)17-20-9-14-24(15-10-20)44-19-21-7-12-23(13-8-21)37(40)41/h7-18,30H,4-6,19H2,1-3H3/b28-17-. The Morgan fingerprint density at radius 3 is 2.47 bits per heavy atom. The number of nitro benzene ring substituents is 1. The Kier molecular flexibility index (Phi) is 9.94. The zero-order valence-electron chi connectivity index (χ0n) is 24.8. The van der Waals surface area contributed by atoms with Gasteiger partial charge in [0.15, 0.2) is 4.80 Å². The fourth-order valence-corrected chi connectivity index (χ4v) is 6.56. The van der Waals surface area contributed by atoms with Crippen molar-refractivity contribution in [1.29, 1.82) is 0 Å². The van der Waals surface area contributed by atoms with Crippen molar-refractivity contribution in [2.45, 2.75) is 39.3 Å². The number of hydrogen-bond acceptors (Lipinski definition) is 9. The van der Waals surface area contributed by atoms with Crippen LogP contribution in [0.25, 0.3) is 6.08 Å². The number of halogens is 1. The van der Waals surface area contributed by atoms with Gasteiger partial charge in [-0.1, -0.05) is 42.9 Å². The molecule has 0 aliphatic carbocycles. The maximum absolute atomic E-state index is 14.0. The molecular formula is C33H30BrN3O7S. The van der Waals surface area contributed by atoms with Gasteiger partial charge in [-0.25, -0.2) is 9.79 Å². The number of allylic oxidation sites excluding steroid dienone is 1. The highest BCUT2D eigenvalue weighted by Crippen LogP contribution is 2.36. The number of non-ortho nitro benzene ring substituents is 1. The van der Waals surface area contributed by atoms with Crippen LogP contribution in [0.1, 0.15) is 49.4 Å². The first-order chi connectivity index (χ1) is 21.7. The zero-order chi connectivity index (χ0) is 32.1. The monoisotopic (exact) mass is 691 g/mol. The van der Waals surface area contributed by atoms with Crippen LogP contribution in [-0.2, 0) is 16.1 Å². The van der Waals surface area contributed by atoms with Crippen LogP contribution in [0.2, 0.25) is 0 Å². The summed E-state index contributed by atoms with van der Waals surface area (Å²) in [5.41, 5.74) is 3.01. The van der Waals surface area contributed by atoms with Crippen molar-refractivity contribution in [3.63, 3.8) is 0 Å². The molecule has 1 unspecified atom stereocenters. The zero-order valence-corrected chi connectivity index (χ0v) is 27.2. The summed E-state index contributed by atoms with van der Waals surface area (Å²) < 4.78 is 19.4. The van der Waals surface area contributed by atoms with E-state index in [4.69, 9.17) is 19.2 Å². The van der Waals surface area contributed by atoms with Gasteiger partial charge in [0, 0.05) is 12.1 Å². The Morgan fingerprint density at radius 2 is 1.84 bits per heavy atom. The molecule has 0 bridgehead atoms. The van der Waals surface area contributed by atoms with Crippen molar-refractivity contribution in [2.75, 3.05) is 13.7 Å². The fourth-order valence-electron chi connectivity index (χ4n) is 4.98. The number of ether oxygens (including phenoxy) is 3. The molecule has 1 aromatic heterocycles. The normalized spacial score (nSPS) is 14.5. The molecule has 1 atom stereocenters. The van der Waals surface area contributed by atoms with Gasteiger partial charge < -0.3 is 14.2 Å². The van der Waals surface area contributed by atoms with E-state index in [0.717, 1.165) is 23.1 Å². The van der Waals surface area contributed by atoms with E-state index in [1.807, 2.05) is 31.2 Å². The number of nitrogens with zero attached hydrogens (tertiary/aromatic N) is 3. The lowest BCUT2D eigenvalue weighted by Gasteiger charge is -2.26. The Morgan fingerprint density at radius 1 is 1.11 bits per heavy atom. The van der Waals surface area contributed by atoms with Gasteiger partial charge in [0.1, 0.15) is 18.1 Å². The second-order valence-corrected chi connectivity index (χ2v) is 12.0. The Hall–Kier alpha value is -4.55. The molecule has 45 heavy (non-hydrogen) atoms. The summed E-state index contributed by atoms with van der Waals surface area (Å²) in [6, 6.07) is 18.2. The maximum Gasteiger partial charge on any atom is 0.338 e. The van der Waals surface area contributed by atoms with Crippen molar-refractivity contribution in [3.05, 3.63) is 129 Å². The van der Waals surface area contributed by atoms with Gasteiger partial charge in [-0.3, -0.25) is 19.5 Å². The molecule has 10 nitrogen and oxygen atoms in total. The minimum absolute atomic E-state index is 0.0234. The van der Waals surface area contributed by atoms with Crippen molar-refractivity contribution >= 4 is 45.0 Å². The molecule has 0 saturated heterocycles. The van der Waals surface area contributed by atoms with Crippen molar-refractivity contribution in [1.82, 2.24) is 4.57 Å². The van der Waals surface area contributed by atoms with Gasteiger partial charge in [0.05, 0.1) is 45.0 Å². The summed E-state index contributed by atoms with van der Waals surface area (Å²) in [5.74, 6) is 0.738. The fraction of sp³-hybridized carbons (Fsp3) is 0.242. The van der Waals surface area contributed by atoms with Crippen LogP contribution in [0, 0.1) is 10.1 Å². The van der Waals surface area contributed by atoms with Gasteiger partial charge in [-0.15, -0.1) is 0 Å². The Balaban J connectivity index is 1.50. The molecule has 12 heteroatoms. The number of methoxy groups -OCH3 is 1. The van der Waals surface area contributed by atoms with Gasteiger partial charge >= 0.3 is 5.97 Å². The predicted molar refractivity (Wildman–Crippen MR) is 174 cm³/mol. The van der Waals surface area contributed by atoms with E-state index in [-0.39, 0.29) is 24.5 Å². The molecule has 0 saturated carbocycles. The van der Waals surface area contributed by atoms with E-state index >= 15 is 0 Å². The number of aromatic nitrogens is 1. The molecule has 1 aliphatic heterocycles. The minimum Gasteiger partial charge on any atom is -0.496 e. The second-order valence-electron chi connectivity index (χ2n) is 10.1. The number of esters is 1. The quantitative estimate of drug-likeness (QED) is 0.110. The number of benzene rings is 3. The molecule has 0 amide bonds. The van der Waals surface area contributed by atoms with Crippen molar-refractivity contribution in [3.8, 4) is 11.5 Å².